The molecule has 2 aromatic carbocycles. The van der Waals surface area contributed by atoms with Crippen LogP contribution in [-0.4, -0.2) is 36.2 Å². The van der Waals surface area contributed by atoms with E-state index in [9.17, 15) is 5.02 Å². The molecular weight excluding hydrogens is 341 g/mol. The average molecular weight is 363 g/mol. The average Bonchev–Trinajstić information content (AvgIpc) is 3.05. The van der Waals surface area contributed by atoms with Crippen LogP contribution in [0.15, 0.2) is 36.4 Å². The number of nitrogens with zero attached hydrogens (tertiary/aromatic N) is 2. The molecule has 2 aliphatic rings. The maximum atomic E-state index is 9.76. The number of nitrogens with two attached hydrogens (primary N) is 1. The van der Waals surface area contributed by atoms with E-state index < -0.39 is 7.12 Å². The van der Waals surface area contributed by atoms with Gasteiger partial charge in [0, 0.05) is 12.6 Å². The van der Waals surface area contributed by atoms with Crippen LogP contribution in [0, 0.1) is 6.57 Å². The molecule has 0 aromatic heterocycles. The lowest BCUT2D eigenvalue weighted by Crippen LogP contribution is -2.39. The largest absolute Gasteiger partial charge is 0.491 e. The van der Waals surface area contributed by atoms with Crippen LogP contribution in [0.25, 0.3) is 4.85 Å². The Kier molecular flexibility index (Phi) is 5.14. The van der Waals surface area contributed by atoms with E-state index in [1.807, 2.05) is 30.3 Å². The van der Waals surface area contributed by atoms with E-state index in [0.29, 0.717) is 18.0 Å². The van der Waals surface area contributed by atoms with E-state index in [1.54, 1.807) is 6.07 Å². The van der Waals surface area contributed by atoms with Gasteiger partial charge in [0.2, 0.25) is 0 Å². The Hall–Kier alpha value is -2.37. The zero-order valence-corrected chi connectivity index (χ0v) is 15.1. The maximum Gasteiger partial charge on any atom is 0.491 e. The van der Waals surface area contributed by atoms with Gasteiger partial charge in [-0.2, -0.15) is 0 Å². The maximum absolute atomic E-state index is 9.76. The minimum absolute atomic E-state index is 0.288. The Morgan fingerprint density at radius 3 is 2.85 bits per heavy atom. The number of benzene rings is 2. The summed E-state index contributed by atoms with van der Waals surface area (Å²) in [5.41, 5.74) is 9.33. The summed E-state index contributed by atoms with van der Waals surface area (Å²) in [4.78, 5) is 5.91. The molecule has 0 spiro atoms. The highest BCUT2D eigenvalue weighted by Crippen LogP contribution is 2.31. The van der Waals surface area contributed by atoms with Gasteiger partial charge in [-0.3, -0.25) is 4.90 Å². The molecule has 0 bridgehead atoms. The zero-order valence-electron chi connectivity index (χ0n) is 15.1. The highest BCUT2D eigenvalue weighted by atomic mass is 16.5. The molecule has 6 nitrogen and oxygen atoms in total. The summed E-state index contributed by atoms with van der Waals surface area (Å²) in [7, 11) is -0.854. The molecule has 0 amide bonds. The molecule has 0 unspecified atom stereocenters. The van der Waals surface area contributed by atoms with Crippen molar-refractivity contribution >= 4 is 18.3 Å². The number of rotatable bonds is 4. The molecule has 3 N–H and O–H groups in total. The minimum Gasteiger partial charge on any atom is -0.457 e. The van der Waals surface area contributed by atoms with Crippen molar-refractivity contribution in [3.63, 3.8) is 0 Å². The van der Waals surface area contributed by atoms with Gasteiger partial charge >= 0.3 is 7.12 Å². The molecule has 1 saturated heterocycles. The van der Waals surface area contributed by atoms with Crippen LogP contribution in [0.4, 0.5) is 5.69 Å². The number of likely N-dealkylation sites (tertiary alicyclic amines) is 1. The van der Waals surface area contributed by atoms with E-state index in [2.05, 4.69) is 9.74 Å². The van der Waals surface area contributed by atoms with E-state index >= 15 is 0 Å². The summed E-state index contributed by atoms with van der Waals surface area (Å²) in [5.74, 6) is 1.45. The van der Waals surface area contributed by atoms with Gasteiger partial charge in [-0.1, -0.05) is 12.1 Å². The van der Waals surface area contributed by atoms with Gasteiger partial charge in [-0.25, -0.2) is 4.85 Å². The predicted molar refractivity (Wildman–Crippen MR) is 104 cm³/mol. The number of hydrogen-bond acceptors (Lipinski definition) is 5. The number of fused-ring (bicyclic) bond motifs is 1. The first kappa shape index (κ1) is 18.0. The van der Waals surface area contributed by atoms with Crippen molar-refractivity contribution in [2.45, 2.75) is 32.0 Å². The molecule has 138 valence electrons. The lowest BCUT2D eigenvalue weighted by molar-refractivity contribution is 0.204. The third-order valence-electron chi connectivity index (χ3n) is 5.20. The van der Waals surface area contributed by atoms with Crippen molar-refractivity contribution < 1.29 is 14.4 Å². The van der Waals surface area contributed by atoms with E-state index in [0.717, 1.165) is 54.8 Å². The standard InChI is InChI=1S/C20H22BN3O3/c1-23-17-2-5-20(14(10-17)12-24-8-6-16(22)7-9-24)27-18-3-4-19-15(11-18)13-26-21(19)25/h2-5,10-11,16,25H,6-9,12-13,22H2. The van der Waals surface area contributed by atoms with Gasteiger partial charge < -0.3 is 20.1 Å². The Morgan fingerprint density at radius 2 is 2.07 bits per heavy atom. The van der Waals surface area contributed by atoms with Crippen LogP contribution in [0.3, 0.4) is 0 Å². The topological polar surface area (TPSA) is 72.3 Å². The van der Waals surface area contributed by atoms with Crippen molar-refractivity contribution in [1.29, 1.82) is 0 Å². The van der Waals surface area contributed by atoms with Crippen molar-refractivity contribution in [1.82, 2.24) is 4.90 Å². The fourth-order valence-electron chi connectivity index (χ4n) is 3.61. The van der Waals surface area contributed by atoms with E-state index in [4.69, 9.17) is 21.7 Å². The molecule has 2 aromatic rings. The van der Waals surface area contributed by atoms with Gasteiger partial charge in [-0.05, 0) is 66.8 Å². The summed E-state index contributed by atoms with van der Waals surface area (Å²) in [6, 6.07) is 11.4. The SMILES string of the molecule is [C-]#[N+]c1ccc(Oc2ccc3c(c2)COB3O)c(CN2CCC(N)CC2)c1. The van der Waals surface area contributed by atoms with Gasteiger partial charge in [0.05, 0.1) is 13.2 Å². The fourth-order valence-corrected chi connectivity index (χ4v) is 3.61. The Morgan fingerprint density at radius 1 is 1.26 bits per heavy atom. The number of ether oxygens (including phenoxy) is 1. The zero-order chi connectivity index (χ0) is 18.8. The number of piperidine rings is 1. The monoisotopic (exact) mass is 363 g/mol. The molecule has 27 heavy (non-hydrogen) atoms. The van der Waals surface area contributed by atoms with Crippen LogP contribution in [-0.2, 0) is 17.8 Å². The van der Waals surface area contributed by atoms with Crippen molar-refractivity contribution in [3.8, 4) is 11.5 Å². The Bertz CT molecular complexity index is 875. The fraction of sp³-hybridized carbons (Fsp3) is 0.350. The first-order valence-corrected chi connectivity index (χ1v) is 9.21. The summed E-state index contributed by atoms with van der Waals surface area (Å²) < 4.78 is 11.4. The van der Waals surface area contributed by atoms with E-state index in [-0.39, 0.29) is 6.04 Å². The summed E-state index contributed by atoms with van der Waals surface area (Å²) >= 11 is 0. The summed E-state index contributed by atoms with van der Waals surface area (Å²) in [5, 5.41) is 9.76. The highest BCUT2D eigenvalue weighted by Gasteiger charge is 2.27. The quantitative estimate of drug-likeness (QED) is 0.644. The van der Waals surface area contributed by atoms with Gasteiger partial charge in [-0.15, -0.1) is 0 Å². The first-order valence-electron chi connectivity index (χ1n) is 9.21. The molecule has 7 heteroatoms. The molecule has 0 atom stereocenters. The summed E-state index contributed by atoms with van der Waals surface area (Å²) in [6.07, 6.45) is 1.98. The van der Waals surface area contributed by atoms with Crippen molar-refractivity contribution in [2.75, 3.05) is 13.1 Å². The van der Waals surface area contributed by atoms with Crippen molar-refractivity contribution in [2.24, 2.45) is 5.73 Å². The van der Waals surface area contributed by atoms with Gasteiger partial charge in [0.25, 0.3) is 0 Å². The normalized spacial score (nSPS) is 17.6. The van der Waals surface area contributed by atoms with Crippen LogP contribution in [0.2, 0.25) is 0 Å². The molecular formula is C20H22BN3O3. The minimum atomic E-state index is -0.854. The second-order valence-corrected chi connectivity index (χ2v) is 7.14. The van der Waals surface area contributed by atoms with Crippen LogP contribution in [0.1, 0.15) is 24.0 Å². The first-order chi connectivity index (χ1) is 13.1. The molecule has 0 radical (unpaired) electrons. The van der Waals surface area contributed by atoms with Gasteiger partial charge in [0.15, 0.2) is 5.69 Å². The van der Waals surface area contributed by atoms with Crippen molar-refractivity contribution in [3.05, 3.63) is 58.9 Å². The highest BCUT2D eigenvalue weighted by molar-refractivity contribution is 6.61. The number of hydrogen-bond donors (Lipinski definition) is 2. The smallest absolute Gasteiger partial charge is 0.457 e. The Balaban J connectivity index is 1.56. The lowest BCUT2D eigenvalue weighted by Gasteiger charge is -2.30. The second-order valence-electron chi connectivity index (χ2n) is 7.14. The van der Waals surface area contributed by atoms with Crippen LogP contribution in [0.5, 0.6) is 11.5 Å². The molecule has 0 saturated carbocycles. The molecule has 0 aliphatic carbocycles. The second kappa shape index (κ2) is 7.71. The Labute approximate surface area is 159 Å². The third kappa shape index (κ3) is 3.99. The van der Waals surface area contributed by atoms with Gasteiger partial charge in [0.1, 0.15) is 11.5 Å². The van der Waals surface area contributed by atoms with E-state index in [1.165, 1.54) is 0 Å². The third-order valence-corrected chi connectivity index (χ3v) is 5.20. The summed E-state index contributed by atoms with van der Waals surface area (Å²) in [6.45, 7) is 10.3. The molecule has 2 heterocycles. The lowest BCUT2D eigenvalue weighted by atomic mass is 9.80. The molecule has 1 fully saturated rings. The molecule has 2 aliphatic heterocycles. The van der Waals surface area contributed by atoms with Crippen LogP contribution < -0.4 is 15.9 Å². The predicted octanol–water partition coefficient (Wildman–Crippen LogP) is 2.17. The molecule has 4 rings (SSSR count). The van der Waals surface area contributed by atoms with Crippen LogP contribution >= 0.6 is 0 Å².